The zero-order chi connectivity index (χ0) is 26.8. The summed E-state index contributed by atoms with van der Waals surface area (Å²) in [7, 11) is 0. The Morgan fingerprint density at radius 3 is 2.57 bits per heavy atom. The van der Waals surface area contributed by atoms with Crippen LogP contribution in [0, 0.1) is 0 Å². The number of nitrogens with two attached hydrogens (primary N) is 2. The first-order valence-corrected chi connectivity index (χ1v) is 12.2. The van der Waals surface area contributed by atoms with Crippen molar-refractivity contribution in [3.8, 4) is 0 Å². The molecule has 1 aromatic carbocycles. The molecule has 1 aromatic heterocycles. The van der Waals surface area contributed by atoms with E-state index in [0.29, 0.717) is 31.4 Å². The van der Waals surface area contributed by atoms with E-state index in [1.807, 2.05) is 30.3 Å². The second kappa shape index (κ2) is 13.3. The number of H-pyrrole nitrogens is 1. The molecule has 0 saturated carbocycles. The molecule has 4 amide bonds. The highest BCUT2D eigenvalue weighted by Crippen LogP contribution is 2.19. The lowest BCUT2D eigenvalue weighted by Gasteiger charge is -2.28. The Hall–Kier alpha value is -4.06. The van der Waals surface area contributed by atoms with E-state index in [-0.39, 0.29) is 31.6 Å². The van der Waals surface area contributed by atoms with E-state index in [1.165, 1.54) is 11.2 Å². The molecule has 0 spiro atoms. The number of imidazole rings is 1. The summed E-state index contributed by atoms with van der Waals surface area (Å²) in [6.45, 7) is 0.357. The van der Waals surface area contributed by atoms with E-state index in [1.54, 1.807) is 6.20 Å². The Kier molecular flexibility index (Phi) is 9.90. The van der Waals surface area contributed by atoms with Crippen LogP contribution in [0.25, 0.3) is 0 Å². The molecule has 1 saturated heterocycles. The Labute approximate surface area is 214 Å². The zero-order valence-electron chi connectivity index (χ0n) is 20.5. The SMILES string of the molecule is NC(=O)CC[C@H](NC(=O)[C@@H]1CCCN1C(=O)[C@@H](N)Cc1cnc[nH]1)C(=O)N[C@H](C=O)Cc1ccccc1. The van der Waals surface area contributed by atoms with Crippen LogP contribution in [-0.2, 0) is 36.8 Å². The first-order valence-electron chi connectivity index (χ1n) is 12.2. The van der Waals surface area contributed by atoms with Crippen LogP contribution in [0.1, 0.15) is 36.9 Å². The highest BCUT2D eigenvalue weighted by molar-refractivity contribution is 5.94. The van der Waals surface area contributed by atoms with Crippen LogP contribution in [0.2, 0.25) is 0 Å². The second-order valence-electron chi connectivity index (χ2n) is 9.08. The summed E-state index contributed by atoms with van der Waals surface area (Å²) in [5, 5.41) is 5.28. The van der Waals surface area contributed by atoms with Gasteiger partial charge in [0.2, 0.25) is 23.6 Å². The van der Waals surface area contributed by atoms with Gasteiger partial charge in [0.1, 0.15) is 18.4 Å². The van der Waals surface area contributed by atoms with Crippen molar-refractivity contribution >= 4 is 29.9 Å². The minimum absolute atomic E-state index is 0.0518. The third kappa shape index (κ3) is 7.97. The van der Waals surface area contributed by atoms with Gasteiger partial charge in [-0.15, -0.1) is 0 Å². The van der Waals surface area contributed by atoms with Crippen LogP contribution in [-0.4, -0.2) is 75.5 Å². The topological polar surface area (TPSA) is 193 Å². The number of likely N-dealkylation sites (tertiary alicyclic amines) is 1. The van der Waals surface area contributed by atoms with E-state index >= 15 is 0 Å². The Bertz CT molecular complexity index is 1080. The van der Waals surface area contributed by atoms with Crippen LogP contribution in [0.3, 0.4) is 0 Å². The molecule has 4 atom stereocenters. The average molecular weight is 512 g/mol. The molecular weight excluding hydrogens is 478 g/mol. The molecule has 1 aliphatic rings. The van der Waals surface area contributed by atoms with Gasteiger partial charge < -0.3 is 36.8 Å². The van der Waals surface area contributed by atoms with Crippen LogP contribution < -0.4 is 22.1 Å². The fourth-order valence-electron chi connectivity index (χ4n) is 4.34. The van der Waals surface area contributed by atoms with Crippen molar-refractivity contribution in [2.24, 2.45) is 11.5 Å². The number of carbonyl (C=O) groups excluding carboxylic acids is 5. The number of aromatic nitrogens is 2. The Morgan fingerprint density at radius 1 is 1.16 bits per heavy atom. The molecule has 0 radical (unpaired) electrons. The lowest BCUT2D eigenvalue weighted by molar-refractivity contribution is -0.140. The van der Waals surface area contributed by atoms with E-state index in [0.717, 1.165) is 5.56 Å². The van der Waals surface area contributed by atoms with E-state index < -0.39 is 41.9 Å². The molecule has 0 bridgehead atoms. The zero-order valence-corrected chi connectivity index (χ0v) is 20.5. The Morgan fingerprint density at radius 2 is 1.92 bits per heavy atom. The number of carbonyl (C=O) groups is 5. The summed E-state index contributed by atoms with van der Waals surface area (Å²) in [4.78, 5) is 70.4. The average Bonchev–Trinajstić information content (AvgIpc) is 3.58. The van der Waals surface area contributed by atoms with Gasteiger partial charge in [-0.2, -0.15) is 0 Å². The summed E-state index contributed by atoms with van der Waals surface area (Å²) < 4.78 is 0. The quantitative estimate of drug-likeness (QED) is 0.212. The first-order chi connectivity index (χ1) is 17.8. The summed E-state index contributed by atoms with van der Waals surface area (Å²) in [5.74, 6) is -2.16. The standard InChI is InChI=1S/C25H33N7O5/c26-19(12-17-13-28-15-29-17)25(37)32-10-4-7-21(32)24(36)31-20(8-9-22(27)34)23(35)30-18(14-33)11-16-5-2-1-3-6-16/h1-3,5-6,13-15,18-21H,4,7-12,26H2,(H2,27,34)(H,28,29)(H,30,35)(H,31,36)/t18-,19-,20-,21-/m0/s1. The number of primary amides is 1. The van der Waals surface area contributed by atoms with Gasteiger partial charge in [-0.3, -0.25) is 19.2 Å². The number of nitrogens with one attached hydrogen (secondary N) is 3. The molecule has 7 N–H and O–H groups in total. The highest BCUT2D eigenvalue weighted by atomic mass is 16.2. The molecule has 12 nitrogen and oxygen atoms in total. The van der Waals surface area contributed by atoms with Crippen molar-refractivity contribution in [1.29, 1.82) is 0 Å². The van der Waals surface area contributed by atoms with Crippen LogP contribution in [0.4, 0.5) is 0 Å². The summed E-state index contributed by atoms with van der Waals surface area (Å²) in [6, 6.07) is 5.53. The predicted octanol–water partition coefficient (Wildman–Crippen LogP) is -1.05. The predicted molar refractivity (Wildman–Crippen MR) is 134 cm³/mol. The van der Waals surface area contributed by atoms with Gasteiger partial charge in [-0.25, -0.2) is 4.98 Å². The van der Waals surface area contributed by atoms with Crippen molar-refractivity contribution in [2.75, 3.05) is 6.54 Å². The summed E-state index contributed by atoms with van der Waals surface area (Å²) in [5.41, 5.74) is 12.9. The fraction of sp³-hybridized carbons (Fsp3) is 0.440. The highest BCUT2D eigenvalue weighted by Gasteiger charge is 2.37. The molecule has 12 heteroatoms. The number of aldehydes is 1. The van der Waals surface area contributed by atoms with E-state index in [9.17, 15) is 24.0 Å². The molecular formula is C25H33N7O5. The van der Waals surface area contributed by atoms with Crippen LogP contribution >= 0.6 is 0 Å². The van der Waals surface area contributed by atoms with Crippen LogP contribution in [0.15, 0.2) is 42.9 Å². The molecule has 3 rings (SSSR count). The third-order valence-corrected chi connectivity index (χ3v) is 6.25. The molecule has 1 fully saturated rings. The Balaban J connectivity index is 1.65. The van der Waals surface area contributed by atoms with Gasteiger partial charge in [0.25, 0.3) is 0 Å². The molecule has 198 valence electrons. The van der Waals surface area contributed by atoms with Gasteiger partial charge in [0.05, 0.1) is 18.4 Å². The number of benzene rings is 1. The lowest BCUT2D eigenvalue weighted by Crippen LogP contribution is -2.56. The minimum atomic E-state index is -1.12. The number of amides is 4. The van der Waals surface area contributed by atoms with Crippen molar-refractivity contribution in [1.82, 2.24) is 25.5 Å². The van der Waals surface area contributed by atoms with Gasteiger partial charge in [-0.1, -0.05) is 30.3 Å². The third-order valence-electron chi connectivity index (χ3n) is 6.25. The van der Waals surface area contributed by atoms with Crippen molar-refractivity contribution < 1.29 is 24.0 Å². The second-order valence-corrected chi connectivity index (χ2v) is 9.08. The molecule has 2 aromatic rings. The van der Waals surface area contributed by atoms with Gasteiger partial charge in [0, 0.05) is 31.3 Å². The summed E-state index contributed by atoms with van der Waals surface area (Å²) in [6.07, 6.45) is 5.00. The minimum Gasteiger partial charge on any atom is -0.370 e. The van der Waals surface area contributed by atoms with Gasteiger partial charge in [0.15, 0.2) is 0 Å². The molecule has 2 heterocycles. The maximum absolute atomic E-state index is 13.2. The largest absolute Gasteiger partial charge is 0.370 e. The molecule has 37 heavy (non-hydrogen) atoms. The first kappa shape index (κ1) is 27.5. The van der Waals surface area contributed by atoms with Crippen LogP contribution in [0.5, 0.6) is 0 Å². The molecule has 1 aliphatic heterocycles. The molecule has 0 aliphatic carbocycles. The van der Waals surface area contributed by atoms with Gasteiger partial charge >= 0.3 is 0 Å². The monoisotopic (exact) mass is 511 g/mol. The normalized spacial score (nSPS) is 17.4. The smallest absolute Gasteiger partial charge is 0.243 e. The van der Waals surface area contributed by atoms with Gasteiger partial charge in [-0.05, 0) is 31.2 Å². The number of aromatic amines is 1. The van der Waals surface area contributed by atoms with E-state index in [2.05, 4.69) is 20.6 Å². The lowest BCUT2D eigenvalue weighted by atomic mass is 10.0. The molecule has 0 unspecified atom stereocenters. The number of hydrogen-bond donors (Lipinski definition) is 5. The number of nitrogens with zero attached hydrogens (tertiary/aromatic N) is 2. The number of hydrogen-bond acceptors (Lipinski definition) is 7. The van der Waals surface area contributed by atoms with E-state index in [4.69, 9.17) is 11.5 Å². The van der Waals surface area contributed by atoms with Crippen molar-refractivity contribution in [3.63, 3.8) is 0 Å². The fourth-order valence-corrected chi connectivity index (χ4v) is 4.34. The summed E-state index contributed by atoms with van der Waals surface area (Å²) >= 11 is 0. The number of rotatable bonds is 13. The van der Waals surface area contributed by atoms with Crippen molar-refractivity contribution in [2.45, 2.75) is 62.7 Å². The maximum Gasteiger partial charge on any atom is 0.243 e. The van der Waals surface area contributed by atoms with Crippen molar-refractivity contribution in [3.05, 3.63) is 54.1 Å². The maximum atomic E-state index is 13.2.